The molecule has 1 aliphatic carbocycles. The first kappa shape index (κ1) is 13.6. The van der Waals surface area contributed by atoms with E-state index >= 15 is 0 Å². The quantitative estimate of drug-likeness (QED) is 0.712. The summed E-state index contributed by atoms with van der Waals surface area (Å²) < 4.78 is 4.25. The summed E-state index contributed by atoms with van der Waals surface area (Å²) in [6.07, 6.45) is 4.40. The summed E-state index contributed by atoms with van der Waals surface area (Å²) in [5.41, 5.74) is 7.11. The van der Waals surface area contributed by atoms with Crippen molar-refractivity contribution in [1.29, 1.82) is 0 Å². The van der Waals surface area contributed by atoms with Crippen molar-refractivity contribution in [1.82, 2.24) is 4.37 Å². The lowest BCUT2D eigenvalue weighted by molar-refractivity contribution is 0.127. The molecular weight excluding hydrogens is 246 g/mol. The first-order valence-corrected chi connectivity index (χ1v) is 7.53. The molecule has 1 aromatic rings. The van der Waals surface area contributed by atoms with E-state index in [-0.39, 0.29) is 12.0 Å². The molecule has 0 bridgehead atoms. The summed E-state index contributed by atoms with van der Waals surface area (Å²) in [5, 5.41) is 14.1. The fourth-order valence-corrected chi connectivity index (χ4v) is 3.05. The minimum absolute atomic E-state index is 0.0282. The molecule has 2 rings (SSSR count). The monoisotopic (exact) mass is 269 g/mol. The Labute approximate surface area is 113 Å². The van der Waals surface area contributed by atoms with Crippen molar-refractivity contribution in [2.45, 2.75) is 45.4 Å². The molecule has 4 nitrogen and oxygen atoms in total. The van der Waals surface area contributed by atoms with Crippen LogP contribution in [0.1, 0.15) is 51.0 Å². The van der Waals surface area contributed by atoms with E-state index in [4.69, 9.17) is 5.73 Å². The number of nitrogens with one attached hydrogen (secondary N) is 1. The van der Waals surface area contributed by atoms with Gasteiger partial charge in [0.2, 0.25) is 0 Å². The van der Waals surface area contributed by atoms with Gasteiger partial charge < -0.3 is 16.2 Å². The third kappa shape index (κ3) is 2.62. The van der Waals surface area contributed by atoms with Crippen molar-refractivity contribution < 1.29 is 5.11 Å². The molecule has 0 saturated heterocycles. The minimum atomic E-state index is -0.0282. The number of aliphatic hydroxyl groups excluding tert-OH is 1. The highest BCUT2D eigenvalue weighted by atomic mass is 32.1. The second kappa shape index (κ2) is 5.45. The highest BCUT2D eigenvalue weighted by Crippen LogP contribution is 2.47. The van der Waals surface area contributed by atoms with E-state index in [1.54, 1.807) is 0 Å². The third-order valence-corrected chi connectivity index (χ3v) is 5.04. The van der Waals surface area contributed by atoms with Gasteiger partial charge in [0.1, 0.15) is 10.8 Å². The number of aromatic nitrogens is 1. The first-order chi connectivity index (χ1) is 8.65. The van der Waals surface area contributed by atoms with Crippen LogP contribution in [0, 0.1) is 5.41 Å². The van der Waals surface area contributed by atoms with Crippen LogP contribution in [-0.2, 0) is 0 Å². The van der Waals surface area contributed by atoms with Gasteiger partial charge in [0, 0.05) is 17.5 Å². The Morgan fingerprint density at radius 3 is 2.61 bits per heavy atom. The Kier molecular flexibility index (Phi) is 4.12. The van der Waals surface area contributed by atoms with Crippen LogP contribution in [0.5, 0.6) is 0 Å². The number of hydrogen-bond acceptors (Lipinski definition) is 5. The Morgan fingerprint density at radius 1 is 1.44 bits per heavy atom. The lowest BCUT2D eigenvalue weighted by atomic mass is 9.83. The van der Waals surface area contributed by atoms with Gasteiger partial charge in [-0.05, 0) is 43.1 Å². The molecular formula is C13H23N3OS. The van der Waals surface area contributed by atoms with Gasteiger partial charge in [0.05, 0.1) is 6.61 Å². The number of nitrogens with zero attached hydrogens (tertiary/aromatic N) is 1. The number of aliphatic hydroxyl groups is 1. The molecule has 18 heavy (non-hydrogen) atoms. The van der Waals surface area contributed by atoms with Gasteiger partial charge in [-0.3, -0.25) is 0 Å². The van der Waals surface area contributed by atoms with E-state index in [2.05, 4.69) is 23.5 Å². The van der Waals surface area contributed by atoms with E-state index in [0.717, 1.165) is 24.4 Å². The largest absolute Gasteiger partial charge is 0.396 e. The topological polar surface area (TPSA) is 71.2 Å². The molecule has 1 aliphatic rings. The summed E-state index contributed by atoms with van der Waals surface area (Å²) >= 11 is 1.45. The zero-order valence-electron chi connectivity index (χ0n) is 11.2. The predicted octanol–water partition coefficient (Wildman–Crippen LogP) is 2.81. The van der Waals surface area contributed by atoms with Crippen molar-refractivity contribution in [3.8, 4) is 0 Å². The van der Waals surface area contributed by atoms with Gasteiger partial charge in [-0.25, -0.2) is 0 Å². The molecule has 1 saturated carbocycles. The van der Waals surface area contributed by atoms with Gasteiger partial charge in [0.15, 0.2) is 0 Å². The fraction of sp³-hybridized carbons (Fsp3) is 0.769. The van der Waals surface area contributed by atoms with E-state index in [0.29, 0.717) is 11.7 Å². The maximum Gasteiger partial charge on any atom is 0.142 e. The Balaban J connectivity index is 2.05. The molecule has 0 aliphatic heterocycles. The normalized spacial score (nSPS) is 15.9. The standard InChI is InChI=1S/C13H23N3OS/c1-3-13(4-2,8-17)7-15-12-10(9-5-6-9)11(14)16-18-12/h9,15,17H,3-8H2,1-2H3,(H2,14,16). The lowest BCUT2D eigenvalue weighted by Crippen LogP contribution is -2.32. The third-order valence-electron chi connectivity index (χ3n) is 4.20. The van der Waals surface area contributed by atoms with Crippen molar-refractivity contribution >= 4 is 22.4 Å². The number of nitrogens with two attached hydrogens (primary N) is 1. The molecule has 0 spiro atoms. The first-order valence-electron chi connectivity index (χ1n) is 6.75. The Hall–Kier alpha value is -0.810. The zero-order chi connectivity index (χ0) is 13.2. The van der Waals surface area contributed by atoms with Gasteiger partial charge in [-0.1, -0.05) is 13.8 Å². The predicted molar refractivity (Wildman–Crippen MR) is 77.1 cm³/mol. The fourth-order valence-electron chi connectivity index (χ4n) is 2.25. The Morgan fingerprint density at radius 2 is 2.11 bits per heavy atom. The SMILES string of the molecule is CCC(CC)(CO)CNc1snc(N)c1C1CC1. The molecule has 0 aromatic carbocycles. The zero-order valence-corrected chi connectivity index (χ0v) is 12.0. The summed E-state index contributed by atoms with van der Waals surface area (Å²) in [5.74, 6) is 1.30. The van der Waals surface area contributed by atoms with Crippen molar-refractivity contribution in [2.75, 3.05) is 24.2 Å². The van der Waals surface area contributed by atoms with E-state index < -0.39 is 0 Å². The van der Waals surface area contributed by atoms with Crippen LogP contribution >= 0.6 is 11.5 Å². The summed E-state index contributed by atoms with van der Waals surface area (Å²) in [7, 11) is 0. The van der Waals surface area contributed by atoms with Gasteiger partial charge in [-0.2, -0.15) is 4.37 Å². The molecule has 102 valence electrons. The second-order valence-corrected chi connectivity index (χ2v) is 6.08. The molecule has 0 amide bonds. The number of nitrogen functional groups attached to an aromatic ring is 1. The summed E-state index contributed by atoms with van der Waals surface area (Å²) in [6.45, 7) is 5.27. The molecule has 1 heterocycles. The van der Waals surface area contributed by atoms with Crippen LogP contribution in [0.15, 0.2) is 0 Å². The molecule has 0 atom stereocenters. The molecule has 1 fully saturated rings. The van der Waals surface area contributed by atoms with Crippen LogP contribution in [0.4, 0.5) is 10.8 Å². The molecule has 4 N–H and O–H groups in total. The second-order valence-electron chi connectivity index (χ2n) is 5.30. The smallest absolute Gasteiger partial charge is 0.142 e. The molecule has 0 unspecified atom stereocenters. The van der Waals surface area contributed by atoms with Crippen LogP contribution in [0.25, 0.3) is 0 Å². The van der Waals surface area contributed by atoms with Crippen LogP contribution in [-0.4, -0.2) is 22.6 Å². The summed E-state index contributed by atoms with van der Waals surface area (Å²) in [4.78, 5) is 0. The minimum Gasteiger partial charge on any atom is -0.396 e. The van der Waals surface area contributed by atoms with E-state index in [9.17, 15) is 5.11 Å². The average Bonchev–Trinajstić information content (AvgIpc) is 3.16. The van der Waals surface area contributed by atoms with Crippen LogP contribution < -0.4 is 11.1 Å². The van der Waals surface area contributed by atoms with Gasteiger partial charge >= 0.3 is 0 Å². The maximum atomic E-state index is 9.57. The number of anilines is 2. The van der Waals surface area contributed by atoms with Gasteiger partial charge in [0.25, 0.3) is 0 Å². The van der Waals surface area contributed by atoms with Gasteiger partial charge in [-0.15, -0.1) is 0 Å². The number of rotatable bonds is 7. The van der Waals surface area contributed by atoms with E-state index in [1.807, 2.05) is 0 Å². The molecule has 5 heteroatoms. The lowest BCUT2D eigenvalue weighted by Gasteiger charge is -2.29. The highest BCUT2D eigenvalue weighted by molar-refractivity contribution is 7.10. The summed E-state index contributed by atoms with van der Waals surface area (Å²) in [6, 6.07) is 0. The van der Waals surface area contributed by atoms with Crippen molar-refractivity contribution in [3.05, 3.63) is 5.56 Å². The Bertz CT molecular complexity index is 389. The van der Waals surface area contributed by atoms with E-state index in [1.165, 1.54) is 29.9 Å². The van der Waals surface area contributed by atoms with Crippen molar-refractivity contribution in [2.24, 2.45) is 5.41 Å². The van der Waals surface area contributed by atoms with Crippen LogP contribution in [0.2, 0.25) is 0 Å². The molecule has 1 aromatic heterocycles. The molecule has 0 radical (unpaired) electrons. The van der Waals surface area contributed by atoms with Crippen molar-refractivity contribution in [3.63, 3.8) is 0 Å². The highest BCUT2D eigenvalue weighted by Gasteiger charge is 2.32. The maximum absolute atomic E-state index is 9.57. The van der Waals surface area contributed by atoms with Crippen LogP contribution in [0.3, 0.4) is 0 Å². The number of hydrogen-bond donors (Lipinski definition) is 3. The average molecular weight is 269 g/mol.